The Hall–Kier alpha value is -1.72. The van der Waals surface area contributed by atoms with Crippen LogP contribution in [0.3, 0.4) is 0 Å². The molecule has 0 saturated heterocycles. The minimum absolute atomic E-state index is 0.00970. The number of amides is 1. The standard InChI is InChI=1S/C14H17F3N2O/c15-14(16,17)11-7-10(5-6-12(11)18)13(20)19-8-9-3-1-2-4-9/h5-7,9H,1-4,8,18H2,(H,19,20). The van der Waals surface area contributed by atoms with Crippen molar-refractivity contribution in [2.24, 2.45) is 5.92 Å². The van der Waals surface area contributed by atoms with Crippen molar-refractivity contribution in [3.63, 3.8) is 0 Å². The lowest BCUT2D eigenvalue weighted by atomic mass is 10.1. The van der Waals surface area contributed by atoms with Gasteiger partial charge in [-0.25, -0.2) is 0 Å². The van der Waals surface area contributed by atoms with Gasteiger partial charge in [-0.1, -0.05) is 12.8 Å². The summed E-state index contributed by atoms with van der Waals surface area (Å²) in [5, 5.41) is 2.69. The molecular formula is C14H17F3N2O. The Labute approximate surface area is 115 Å². The third-order valence-corrected chi connectivity index (χ3v) is 3.65. The summed E-state index contributed by atoms with van der Waals surface area (Å²) < 4.78 is 38.1. The van der Waals surface area contributed by atoms with E-state index in [1.807, 2.05) is 0 Å². The van der Waals surface area contributed by atoms with E-state index in [0.717, 1.165) is 37.8 Å². The largest absolute Gasteiger partial charge is 0.418 e. The molecule has 0 aromatic heterocycles. The van der Waals surface area contributed by atoms with E-state index in [9.17, 15) is 18.0 Å². The zero-order chi connectivity index (χ0) is 14.8. The molecule has 0 bridgehead atoms. The van der Waals surface area contributed by atoms with Crippen molar-refractivity contribution >= 4 is 11.6 Å². The normalized spacial score (nSPS) is 16.4. The molecule has 20 heavy (non-hydrogen) atoms. The first kappa shape index (κ1) is 14.7. The van der Waals surface area contributed by atoms with Crippen LogP contribution < -0.4 is 11.1 Å². The van der Waals surface area contributed by atoms with Crippen LogP contribution in [0, 0.1) is 5.92 Å². The van der Waals surface area contributed by atoms with Gasteiger partial charge < -0.3 is 11.1 Å². The first-order valence-corrected chi connectivity index (χ1v) is 6.63. The molecule has 1 aliphatic rings. The molecule has 1 fully saturated rings. The molecule has 0 atom stereocenters. The fourth-order valence-corrected chi connectivity index (χ4v) is 2.50. The second-order valence-electron chi connectivity index (χ2n) is 5.16. The molecule has 1 saturated carbocycles. The van der Waals surface area contributed by atoms with Crippen molar-refractivity contribution in [3.05, 3.63) is 29.3 Å². The summed E-state index contributed by atoms with van der Waals surface area (Å²) in [4.78, 5) is 11.9. The average molecular weight is 286 g/mol. The first-order chi connectivity index (χ1) is 9.38. The van der Waals surface area contributed by atoms with Gasteiger partial charge in [0.25, 0.3) is 5.91 Å². The molecule has 3 nitrogen and oxygen atoms in total. The number of nitrogens with one attached hydrogen (secondary N) is 1. The molecule has 0 unspecified atom stereocenters. The van der Waals surface area contributed by atoms with Crippen molar-refractivity contribution < 1.29 is 18.0 Å². The number of carbonyl (C=O) groups is 1. The van der Waals surface area contributed by atoms with Crippen molar-refractivity contribution in [2.75, 3.05) is 12.3 Å². The maximum Gasteiger partial charge on any atom is 0.418 e. The lowest BCUT2D eigenvalue weighted by Gasteiger charge is -2.13. The van der Waals surface area contributed by atoms with Gasteiger partial charge in [-0.2, -0.15) is 13.2 Å². The number of hydrogen-bond acceptors (Lipinski definition) is 2. The highest BCUT2D eigenvalue weighted by atomic mass is 19.4. The summed E-state index contributed by atoms with van der Waals surface area (Å²) >= 11 is 0. The van der Waals surface area contributed by atoms with Crippen molar-refractivity contribution in [2.45, 2.75) is 31.9 Å². The highest BCUT2D eigenvalue weighted by Gasteiger charge is 2.33. The Bertz CT molecular complexity index is 494. The Morgan fingerprint density at radius 3 is 2.55 bits per heavy atom. The van der Waals surface area contributed by atoms with E-state index in [4.69, 9.17) is 5.73 Å². The lowest BCUT2D eigenvalue weighted by Crippen LogP contribution is -2.28. The molecule has 0 aliphatic heterocycles. The van der Waals surface area contributed by atoms with Crippen LogP contribution in [0.4, 0.5) is 18.9 Å². The fourth-order valence-electron chi connectivity index (χ4n) is 2.50. The zero-order valence-electron chi connectivity index (χ0n) is 11.0. The van der Waals surface area contributed by atoms with Crippen LogP contribution in [0.15, 0.2) is 18.2 Å². The SMILES string of the molecule is Nc1ccc(C(=O)NCC2CCCC2)cc1C(F)(F)F. The predicted molar refractivity (Wildman–Crippen MR) is 70.1 cm³/mol. The van der Waals surface area contributed by atoms with E-state index < -0.39 is 17.6 Å². The predicted octanol–water partition coefficient (Wildman–Crippen LogP) is 3.21. The molecule has 1 aromatic carbocycles. The number of alkyl halides is 3. The third kappa shape index (κ3) is 3.43. The lowest BCUT2D eigenvalue weighted by molar-refractivity contribution is -0.136. The number of rotatable bonds is 3. The van der Waals surface area contributed by atoms with E-state index in [0.29, 0.717) is 12.5 Å². The zero-order valence-corrected chi connectivity index (χ0v) is 11.0. The average Bonchev–Trinajstić information content (AvgIpc) is 2.88. The van der Waals surface area contributed by atoms with Gasteiger partial charge in [0.15, 0.2) is 0 Å². The molecule has 110 valence electrons. The minimum atomic E-state index is -4.55. The van der Waals surface area contributed by atoms with E-state index in [1.54, 1.807) is 0 Å². The molecule has 2 rings (SSSR count). The summed E-state index contributed by atoms with van der Waals surface area (Å²) in [5.74, 6) is -0.0442. The van der Waals surface area contributed by atoms with Crippen LogP contribution in [-0.4, -0.2) is 12.5 Å². The van der Waals surface area contributed by atoms with Crippen LogP contribution in [0.5, 0.6) is 0 Å². The van der Waals surface area contributed by atoms with Crippen molar-refractivity contribution in [3.8, 4) is 0 Å². The highest BCUT2D eigenvalue weighted by molar-refractivity contribution is 5.94. The summed E-state index contributed by atoms with van der Waals surface area (Å²) in [5.41, 5.74) is 3.95. The van der Waals surface area contributed by atoms with Gasteiger partial charge in [0.2, 0.25) is 0 Å². The molecule has 6 heteroatoms. The van der Waals surface area contributed by atoms with E-state index in [-0.39, 0.29) is 11.3 Å². The molecule has 0 spiro atoms. The molecule has 1 aliphatic carbocycles. The van der Waals surface area contributed by atoms with Crippen LogP contribution in [-0.2, 0) is 6.18 Å². The number of anilines is 1. The van der Waals surface area contributed by atoms with E-state index in [1.165, 1.54) is 6.07 Å². The van der Waals surface area contributed by atoms with Gasteiger partial charge in [0.05, 0.1) is 5.56 Å². The van der Waals surface area contributed by atoms with Gasteiger partial charge in [0, 0.05) is 17.8 Å². The maximum absolute atomic E-state index is 12.7. The number of halogens is 3. The number of carbonyl (C=O) groups excluding carboxylic acids is 1. The van der Waals surface area contributed by atoms with Gasteiger partial charge >= 0.3 is 6.18 Å². The highest BCUT2D eigenvalue weighted by Crippen LogP contribution is 2.34. The van der Waals surface area contributed by atoms with E-state index in [2.05, 4.69) is 5.32 Å². The van der Waals surface area contributed by atoms with Gasteiger partial charge in [0.1, 0.15) is 0 Å². The number of nitrogens with two attached hydrogens (primary N) is 1. The Morgan fingerprint density at radius 2 is 1.95 bits per heavy atom. The molecule has 1 amide bonds. The second-order valence-corrected chi connectivity index (χ2v) is 5.16. The quantitative estimate of drug-likeness (QED) is 0.838. The van der Waals surface area contributed by atoms with Crippen molar-refractivity contribution in [1.82, 2.24) is 5.32 Å². The van der Waals surface area contributed by atoms with Crippen LogP contribution in [0.25, 0.3) is 0 Å². The van der Waals surface area contributed by atoms with Gasteiger partial charge in [-0.05, 0) is 37.0 Å². The third-order valence-electron chi connectivity index (χ3n) is 3.65. The molecule has 0 radical (unpaired) electrons. The molecular weight excluding hydrogens is 269 g/mol. The maximum atomic E-state index is 12.7. The summed E-state index contributed by atoms with van der Waals surface area (Å²) in [6.07, 6.45) is -0.112. The summed E-state index contributed by atoms with van der Waals surface area (Å²) in [6.45, 7) is 0.518. The first-order valence-electron chi connectivity index (χ1n) is 6.63. The van der Waals surface area contributed by atoms with Gasteiger partial charge in [-0.15, -0.1) is 0 Å². The Balaban J connectivity index is 2.06. The summed E-state index contributed by atoms with van der Waals surface area (Å²) in [7, 11) is 0. The monoisotopic (exact) mass is 286 g/mol. The van der Waals surface area contributed by atoms with E-state index >= 15 is 0 Å². The van der Waals surface area contributed by atoms with Crippen LogP contribution in [0.1, 0.15) is 41.6 Å². The molecule has 1 aromatic rings. The second kappa shape index (κ2) is 5.73. The fraction of sp³-hybridized carbons (Fsp3) is 0.500. The van der Waals surface area contributed by atoms with Crippen molar-refractivity contribution in [1.29, 1.82) is 0 Å². The van der Waals surface area contributed by atoms with Crippen LogP contribution in [0.2, 0.25) is 0 Å². The Kier molecular flexibility index (Phi) is 4.20. The topological polar surface area (TPSA) is 55.1 Å². The summed E-state index contributed by atoms with van der Waals surface area (Å²) in [6, 6.07) is 3.24. The minimum Gasteiger partial charge on any atom is -0.398 e. The van der Waals surface area contributed by atoms with Crippen LogP contribution >= 0.6 is 0 Å². The smallest absolute Gasteiger partial charge is 0.398 e. The van der Waals surface area contributed by atoms with Gasteiger partial charge in [-0.3, -0.25) is 4.79 Å². The number of nitrogen functional groups attached to an aromatic ring is 1. The molecule has 3 N–H and O–H groups in total. The molecule has 0 heterocycles. The number of hydrogen-bond donors (Lipinski definition) is 2. The number of benzene rings is 1. The Morgan fingerprint density at radius 1 is 1.30 bits per heavy atom.